The number of pyridine rings is 1. The lowest BCUT2D eigenvalue weighted by Gasteiger charge is -2.35. The number of aromatic nitrogens is 3. The number of anilines is 1. The normalized spacial score (nSPS) is 15.8. The van der Waals surface area contributed by atoms with Gasteiger partial charge in [-0.2, -0.15) is 18.3 Å². The van der Waals surface area contributed by atoms with Crippen molar-refractivity contribution in [2.75, 3.05) is 31.1 Å². The van der Waals surface area contributed by atoms with Crippen LogP contribution in [-0.4, -0.2) is 51.8 Å². The first-order valence-corrected chi connectivity index (χ1v) is 10.1. The molecule has 0 saturated carbocycles. The molecular weight excluding hydrogens is 395 g/mol. The van der Waals surface area contributed by atoms with Gasteiger partial charge in [-0.25, -0.2) is 4.98 Å². The molecule has 30 heavy (non-hydrogen) atoms. The highest BCUT2D eigenvalue weighted by Gasteiger charge is 2.32. The molecule has 0 aromatic carbocycles. The Morgan fingerprint density at radius 3 is 2.13 bits per heavy atom. The molecule has 164 valence electrons. The third-order valence-electron chi connectivity index (χ3n) is 5.15. The van der Waals surface area contributed by atoms with Gasteiger partial charge in [0, 0.05) is 38.1 Å². The summed E-state index contributed by atoms with van der Waals surface area (Å²) in [5.41, 5.74) is 0.439. The fraction of sp³-hybridized carbons (Fsp3) is 0.571. The molecule has 6 nitrogen and oxygen atoms in total. The van der Waals surface area contributed by atoms with Crippen LogP contribution in [-0.2, 0) is 11.7 Å². The number of rotatable bonds is 3. The van der Waals surface area contributed by atoms with Gasteiger partial charge in [-0.1, -0.05) is 13.8 Å². The van der Waals surface area contributed by atoms with E-state index >= 15 is 0 Å². The van der Waals surface area contributed by atoms with Gasteiger partial charge in [0.2, 0.25) is 0 Å². The van der Waals surface area contributed by atoms with Crippen molar-refractivity contribution < 1.29 is 18.0 Å². The molecule has 2 aromatic rings. The molecule has 0 aliphatic carbocycles. The lowest BCUT2D eigenvalue weighted by atomic mass is 10.1. The monoisotopic (exact) mass is 423 g/mol. The van der Waals surface area contributed by atoms with Crippen molar-refractivity contribution in [2.24, 2.45) is 0 Å². The third kappa shape index (κ3) is 4.60. The average Bonchev–Trinajstić information content (AvgIpc) is 3.13. The molecule has 1 saturated heterocycles. The summed E-state index contributed by atoms with van der Waals surface area (Å²) in [5, 5.41) is 4.58. The summed E-state index contributed by atoms with van der Waals surface area (Å²) < 4.78 is 40.0. The van der Waals surface area contributed by atoms with E-state index in [0.717, 1.165) is 18.0 Å². The van der Waals surface area contributed by atoms with E-state index in [4.69, 9.17) is 0 Å². The zero-order valence-electron chi connectivity index (χ0n) is 18.0. The van der Waals surface area contributed by atoms with Crippen molar-refractivity contribution in [3.05, 3.63) is 41.3 Å². The number of carbonyl (C=O) groups is 1. The van der Waals surface area contributed by atoms with E-state index in [0.29, 0.717) is 37.7 Å². The molecule has 2 aromatic heterocycles. The van der Waals surface area contributed by atoms with Crippen LogP contribution in [0.15, 0.2) is 24.4 Å². The number of piperazine rings is 1. The molecule has 0 unspecified atom stereocenters. The average molecular weight is 423 g/mol. The van der Waals surface area contributed by atoms with Crippen LogP contribution in [0, 0.1) is 0 Å². The van der Waals surface area contributed by atoms with Gasteiger partial charge >= 0.3 is 6.18 Å². The molecule has 9 heteroatoms. The number of amides is 1. The summed E-state index contributed by atoms with van der Waals surface area (Å²) >= 11 is 0. The Labute approximate surface area is 174 Å². The van der Waals surface area contributed by atoms with Crippen LogP contribution in [0.4, 0.5) is 19.0 Å². The fourth-order valence-corrected chi connectivity index (χ4v) is 3.49. The van der Waals surface area contributed by atoms with Crippen LogP contribution in [0.3, 0.4) is 0 Å². The molecule has 0 bridgehead atoms. The number of alkyl halides is 3. The number of nitrogens with zero attached hydrogens (tertiary/aromatic N) is 5. The van der Waals surface area contributed by atoms with E-state index in [1.54, 1.807) is 4.90 Å². The van der Waals surface area contributed by atoms with E-state index in [9.17, 15) is 18.0 Å². The van der Waals surface area contributed by atoms with Crippen LogP contribution in [0.5, 0.6) is 0 Å². The number of halogens is 3. The SMILES string of the molecule is CC(C)c1cc(C(=O)N2CCN(c3ccc(C(F)(F)F)cn3)CC2)nn1C(C)(C)C. The first-order chi connectivity index (χ1) is 13.9. The number of carbonyl (C=O) groups excluding carboxylic acids is 1. The Balaban J connectivity index is 1.69. The lowest BCUT2D eigenvalue weighted by Crippen LogP contribution is -2.49. The summed E-state index contributed by atoms with van der Waals surface area (Å²) in [6.07, 6.45) is -3.55. The number of hydrogen-bond acceptors (Lipinski definition) is 4. The number of hydrogen-bond donors (Lipinski definition) is 0. The van der Waals surface area contributed by atoms with Crippen molar-refractivity contribution in [1.82, 2.24) is 19.7 Å². The molecule has 3 rings (SSSR count). The summed E-state index contributed by atoms with van der Waals surface area (Å²) in [4.78, 5) is 20.6. The van der Waals surface area contributed by atoms with E-state index in [2.05, 4.69) is 44.7 Å². The highest BCUT2D eigenvalue weighted by molar-refractivity contribution is 5.92. The Hall–Kier alpha value is -2.58. The first-order valence-electron chi connectivity index (χ1n) is 10.1. The van der Waals surface area contributed by atoms with Crippen molar-refractivity contribution in [2.45, 2.75) is 52.3 Å². The van der Waals surface area contributed by atoms with E-state index in [1.165, 1.54) is 6.07 Å². The van der Waals surface area contributed by atoms with Gasteiger partial charge in [-0.15, -0.1) is 0 Å². The summed E-state index contributed by atoms with van der Waals surface area (Å²) in [7, 11) is 0. The molecule has 0 spiro atoms. The van der Waals surface area contributed by atoms with Gasteiger partial charge < -0.3 is 9.80 Å². The first kappa shape index (κ1) is 22.1. The van der Waals surface area contributed by atoms with Gasteiger partial charge in [0.05, 0.1) is 11.1 Å². The Morgan fingerprint density at radius 1 is 1.07 bits per heavy atom. The second-order valence-corrected chi connectivity index (χ2v) is 8.87. The molecule has 1 fully saturated rings. The minimum Gasteiger partial charge on any atom is -0.353 e. The maximum atomic E-state index is 13.0. The lowest BCUT2D eigenvalue weighted by molar-refractivity contribution is -0.137. The van der Waals surface area contributed by atoms with Gasteiger partial charge in [-0.3, -0.25) is 9.48 Å². The van der Waals surface area contributed by atoms with E-state index in [1.807, 2.05) is 15.6 Å². The third-order valence-corrected chi connectivity index (χ3v) is 5.15. The van der Waals surface area contributed by atoms with Crippen LogP contribution in [0.1, 0.15) is 62.3 Å². The predicted molar refractivity (Wildman–Crippen MR) is 109 cm³/mol. The Morgan fingerprint density at radius 2 is 1.70 bits per heavy atom. The topological polar surface area (TPSA) is 54.3 Å². The van der Waals surface area contributed by atoms with Crippen molar-refractivity contribution in [3.8, 4) is 0 Å². The largest absolute Gasteiger partial charge is 0.417 e. The zero-order chi connectivity index (χ0) is 22.3. The van der Waals surface area contributed by atoms with E-state index < -0.39 is 11.7 Å². The van der Waals surface area contributed by atoms with Crippen LogP contribution in [0.2, 0.25) is 0 Å². The molecule has 1 amide bonds. The van der Waals surface area contributed by atoms with Gasteiger partial charge in [0.1, 0.15) is 5.82 Å². The molecule has 0 radical (unpaired) electrons. The second-order valence-electron chi connectivity index (χ2n) is 8.87. The van der Waals surface area contributed by atoms with Crippen LogP contribution in [0.25, 0.3) is 0 Å². The molecule has 1 aliphatic rings. The quantitative estimate of drug-likeness (QED) is 0.745. The van der Waals surface area contributed by atoms with Crippen LogP contribution >= 0.6 is 0 Å². The summed E-state index contributed by atoms with van der Waals surface area (Å²) in [6, 6.07) is 4.27. The Bertz CT molecular complexity index is 889. The molecule has 1 aliphatic heterocycles. The predicted octanol–water partition coefficient (Wildman–Crippen LogP) is 4.14. The minimum atomic E-state index is -4.40. The fourth-order valence-electron chi connectivity index (χ4n) is 3.49. The summed E-state index contributed by atoms with van der Waals surface area (Å²) in [6.45, 7) is 12.2. The molecule has 0 atom stereocenters. The Kier molecular flexibility index (Phi) is 5.84. The standard InChI is InChI=1S/C21H28F3N5O/c1-14(2)17-12-16(26-29(17)20(3,4)5)19(30)28-10-8-27(9-11-28)18-7-6-15(13-25-18)21(22,23)24/h6-7,12-14H,8-11H2,1-5H3. The smallest absolute Gasteiger partial charge is 0.353 e. The zero-order valence-corrected chi connectivity index (χ0v) is 18.0. The maximum absolute atomic E-state index is 13.0. The minimum absolute atomic E-state index is 0.125. The highest BCUT2D eigenvalue weighted by Crippen LogP contribution is 2.29. The van der Waals surface area contributed by atoms with Gasteiger partial charge in [0.25, 0.3) is 5.91 Å². The highest BCUT2D eigenvalue weighted by atomic mass is 19.4. The van der Waals surface area contributed by atoms with Gasteiger partial charge in [0.15, 0.2) is 5.69 Å². The van der Waals surface area contributed by atoms with Crippen molar-refractivity contribution in [3.63, 3.8) is 0 Å². The van der Waals surface area contributed by atoms with E-state index in [-0.39, 0.29) is 17.4 Å². The summed E-state index contributed by atoms with van der Waals surface area (Å²) in [5.74, 6) is 0.593. The molecular formula is C21H28F3N5O. The molecule has 0 N–H and O–H groups in total. The van der Waals surface area contributed by atoms with Crippen molar-refractivity contribution in [1.29, 1.82) is 0 Å². The molecule has 3 heterocycles. The van der Waals surface area contributed by atoms with Gasteiger partial charge in [-0.05, 0) is 44.9 Å². The van der Waals surface area contributed by atoms with Crippen molar-refractivity contribution >= 4 is 11.7 Å². The second kappa shape index (κ2) is 7.92. The van der Waals surface area contributed by atoms with Crippen LogP contribution < -0.4 is 4.90 Å². The maximum Gasteiger partial charge on any atom is 0.417 e.